The number of Topliss-reactive ketones (excluding diaryl/α,β-unsaturated/α-hetero) is 2. The second-order valence-electron chi connectivity index (χ2n) is 9.50. The molecule has 3 aliphatic carbocycles. The Morgan fingerprint density at radius 3 is 2.69 bits per heavy atom. The van der Waals surface area contributed by atoms with Crippen LogP contribution in [0.1, 0.15) is 72.4 Å². The van der Waals surface area contributed by atoms with E-state index in [9.17, 15) is 24.0 Å². The lowest BCUT2D eigenvalue weighted by atomic mass is 9.55. The van der Waals surface area contributed by atoms with E-state index in [0.29, 0.717) is 29.6 Å². The van der Waals surface area contributed by atoms with Gasteiger partial charge in [-0.1, -0.05) is 6.92 Å². The lowest BCUT2D eigenvalue weighted by Crippen LogP contribution is -2.53. The smallest absolute Gasteiger partial charge is 0.341 e. The number of hydrogen-bond acceptors (Lipinski definition) is 8. The van der Waals surface area contributed by atoms with Gasteiger partial charge in [0.25, 0.3) is 0 Å². The maximum Gasteiger partial charge on any atom is 0.341 e. The molecule has 1 fully saturated rings. The minimum absolute atomic E-state index is 0.0196. The summed E-state index contributed by atoms with van der Waals surface area (Å²) < 4.78 is 16.7. The number of hydrogen-bond donors (Lipinski definition) is 1. The van der Waals surface area contributed by atoms with Gasteiger partial charge in [0.2, 0.25) is 11.7 Å². The number of amides is 1. The Morgan fingerprint density at radius 1 is 1.22 bits per heavy atom. The van der Waals surface area contributed by atoms with Crippen LogP contribution in [0.5, 0.6) is 0 Å². The zero-order valence-electron chi connectivity index (χ0n) is 17.8. The van der Waals surface area contributed by atoms with Crippen LogP contribution in [-0.2, 0) is 29.3 Å². The number of allylic oxidation sites excluding steroid dienone is 1. The van der Waals surface area contributed by atoms with E-state index in [0.717, 1.165) is 0 Å². The molecular weight excluding hydrogens is 418 g/mol. The third-order valence-corrected chi connectivity index (χ3v) is 7.59. The maximum atomic E-state index is 13.6. The minimum atomic E-state index is -0.934. The van der Waals surface area contributed by atoms with Crippen molar-refractivity contribution in [2.75, 3.05) is 6.61 Å². The van der Waals surface area contributed by atoms with Crippen molar-refractivity contribution in [3.8, 4) is 0 Å². The van der Waals surface area contributed by atoms with Crippen molar-refractivity contribution in [2.45, 2.75) is 57.5 Å². The number of primary amides is 1. The summed E-state index contributed by atoms with van der Waals surface area (Å²) in [5.74, 6) is -2.46. The largest absolute Gasteiger partial charge is 0.461 e. The van der Waals surface area contributed by atoms with Crippen LogP contribution in [0, 0.1) is 11.3 Å². The zero-order chi connectivity index (χ0) is 23.0. The van der Waals surface area contributed by atoms with Crippen molar-refractivity contribution >= 4 is 29.4 Å². The predicted molar refractivity (Wildman–Crippen MR) is 106 cm³/mol. The molecule has 4 aliphatic rings. The molecule has 1 saturated carbocycles. The molecule has 9 nitrogen and oxygen atoms in total. The maximum absolute atomic E-state index is 13.6. The van der Waals surface area contributed by atoms with Crippen molar-refractivity contribution in [1.82, 2.24) is 0 Å². The van der Waals surface area contributed by atoms with Gasteiger partial charge in [0.15, 0.2) is 5.76 Å². The van der Waals surface area contributed by atoms with Gasteiger partial charge in [-0.15, -0.1) is 0 Å². The van der Waals surface area contributed by atoms with Crippen molar-refractivity contribution in [1.29, 1.82) is 0 Å². The van der Waals surface area contributed by atoms with Crippen molar-refractivity contribution in [2.24, 2.45) is 17.1 Å². The quantitative estimate of drug-likeness (QED) is 0.697. The van der Waals surface area contributed by atoms with Crippen LogP contribution >= 0.6 is 0 Å². The number of ether oxygens (including phenoxy) is 2. The van der Waals surface area contributed by atoms with E-state index in [1.54, 1.807) is 6.92 Å². The fourth-order valence-corrected chi connectivity index (χ4v) is 6.04. The molecule has 0 radical (unpaired) electrons. The molecule has 0 unspecified atom stereocenters. The molecule has 9 heteroatoms. The summed E-state index contributed by atoms with van der Waals surface area (Å²) in [5, 5.41) is 0. The number of cyclic esters (lactones) is 1. The van der Waals surface area contributed by atoms with Crippen LogP contribution in [0.4, 0.5) is 0 Å². The Hall–Kier alpha value is -3.23. The molecule has 2 N–H and O–H groups in total. The van der Waals surface area contributed by atoms with E-state index in [4.69, 9.17) is 19.6 Å². The summed E-state index contributed by atoms with van der Waals surface area (Å²) >= 11 is 0. The third kappa shape index (κ3) is 2.59. The highest BCUT2D eigenvalue weighted by Gasteiger charge is 2.62. The second kappa shape index (κ2) is 6.63. The van der Waals surface area contributed by atoms with Crippen LogP contribution in [-0.4, -0.2) is 42.1 Å². The molecule has 1 aromatic rings. The lowest BCUT2D eigenvalue weighted by molar-refractivity contribution is -0.152. The first kappa shape index (κ1) is 20.7. The molecule has 32 heavy (non-hydrogen) atoms. The van der Waals surface area contributed by atoms with Crippen molar-refractivity contribution in [3.05, 3.63) is 34.3 Å². The number of nitrogens with two attached hydrogens (primary N) is 1. The number of ketones is 2. The van der Waals surface area contributed by atoms with Gasteiger partial charge < -0.3 is 19.6 Å². The standard InChI is InChI=1S/C23H23NO8/c1-22-7-12(32-15(27)6-5-14(24)26)18-16(11(22)3-4-13(22)25)19(28)20-17-10(8-30-20)21(29)31-9-23(17,18)2/h8,11-12H,3-7,9H2,1-2H3,(H2,24,26)/t11-,12+,22-,23-/m0/s1. The Kier molecular flexibility index (Phi) is 4.28. The first-order valence-electron chi connectivity index (χ1n) is 10.7. The number of rotatable bonds is 4. The number of furan rings is 1. The second-order valence-corrected chi connectivity index (χ2v) is 9.50. The van der Waals surface area contributed by atoms with E-state index >= 15 is 0 Å². The Balaban J connectivity index is 1.66. The number of carbonyl (C=O) groups is 5. The molecule has 1 aliphatic heterocycles. The molecule has 168 valence electrons. The van der Waals surface area contributed by atoms with Gasteiger partial charge in [0.05, 0.1) is 11.8 Å². The van der Waals surface area contributed by atoms with Crippen LogP contribution in [0.3, 0.4) is 0 Å². The molecule has 0 bridgehead atoms. The Bertz CT molecular complexity index is 1140. The van der Waals surface area contributed by atoms with Crippen molar-refractivity contribution < 1.29 is 37.9 Å². The Morgan fingerprint density at radius 2 is 1.97 bits per heavy atom. The summed E-state index contributed by atoms with van der Waals surface area (Å²) in [4.78, 5) is 62.4. The lowest BCUT2D eigenvalue weighted by Gasteiger charge is -2.49. The predicted octanol–water partition coefficient (Wildman–Crippen LogP) is 1.77. The molecule has 2 heterocycles. The molecule has 0 aromatic carbocycles. The third-order valence-electron chi connectivity index (χ3n) is 7.59. The molecule has 4 atom stereocenters. The van der Waals surface area contributed by atoms with Gasteiger partial charge in [-0.05, 0) is 18.9 Å². The highest BCUT2D eigenvalue weighted by Crippen LogP contribution is 2.60. The average Bonchev–Trinajstić information content (AvgIpc) is 3.31. The highest BCUT2D eigenvalue weighted by atomic mass is 16.5. The van der Waals surface area contributed by atoms with Gasteiger partial charge in [-0.2, -0.15) is 0 Å². The van der Waals surface area contributed by atoms with Crippen molar-refractivity contribution in [3.63, 3.8) is 0 Å². The normalized spacial score (nSPS) is 32.8. The SMILES string of the molecule is C[C@]12COC(=O)c3coc(c31)C(=O)C1=C2[C@H](OC(=O)CCC(N)=O)C[C@]2(C)C(=O)CC[C@@H]12. The molecule has 0 spiro atoms. The monoisotopic (exact) mass is 441 g/mol. The fraction of sp³-hybridized carbons (Fsp3) is 0.522. The van der Waals surface area contributed by atoms with E-state index < -0.39 is 34.8 Å². The van der Waals surface area contributed by atoms with Gasteiger partial charge in [0, 0.05) is 41.7 Å². The van der Waals surface area contributed by atoms with E-state index in [1.807, 2.05) is 6.92 Å². The van der Waals surface area contributed by atoms with E-state index in [1.165, 1.54) is 6.26 Å². The first-order chi connectivity index (χ1) is 15.1. The summed E-state index contributed by atoms with van der Waals surface area (Å²) in [5.41, 5.74) is 4.97. The van der Waals surface area contributed by atoms with E-state index in [-0.39, 0.29) is 54.7 Å². The summed E-state index contributed by atoms with van der Waals surface area (Å²) in [6, 6.07) is 0. The van der Waals surface area contributed by atoms with Crippen LogP contribution in [0.2, 0.25) is 0 Å². The fourth-order valence-electron chi connectivity index (χ4n) is 6.04. The topological polar surface area (TPSA) is 143 Å². The minimum Gasteiger partial charge on any atom is -0.461 e. The van der Waals surface area contributed by atoms with Gasteiger partial charge >= 0.3 is 11.9 Å². The molecular formula is C23H23NO8. The van der Waals surface area contributed by atoms with Crippen LogP contribution in [0.25, 0.3) is 0 Å². The molecule has 1 amide bonds. The van der Waals surface area contributed by atoms with Gasteiger partial charge in [0.1, 0.15) is 30.3 Å². The first-order valence-corrected chi connectivity index (χ1v) is 10.7. The summed E-state index contributed by atoms with van der Waals surface area (Å²) in [6.07, 6.45) is 1.04. The van der Waals surface area contributed by atoms with Gasteiger partial charge in [-0.3, -0.25) is 19.2 Å². The molecule has 0 saturated heterocycles. The number of fused-ring (bicyclic) bond motifs is 3. The summed E-state index contributed by atoms with van der Waals surface area (Å²) in [6.45, 7) is 3.60. The Labute approximate surface area is 183 Å². The summed E-state index contributed by atoms with van der Waals surface area (Å²) in [7, 11) is 0. The van der Waals surface area contributed by atoms with Crippen LogP contribution in [0.15, 0.2) is 21.8 Å². The average molecular weight is 441 g/mol. The highest BCUT2D eigenvalue weighted by molar-refractivity contribution is 6.14. The molecule has 5 rings (SSSR count). The number of carbonyl (C=O) groups excluding carboxylic acids is 5. The van der Waals surface area contributed by atoms with E-state index in [2.05, 4.69) is 0 Å². The molecule has 1 aromatic heterocycles. The zero-order valence-corrected chi connectivity index (χ0v) is 17.8. The number of esters is 2. The van der Waals surface area contributed by atoms with Crippen LogP contribution < -0.4 is 5.73 Å². The van der Waals surface area contributed by atoms with Gasteiger partial charge in [-0.25, -0.2) is 4.79 Å².